The van der Waals surface area contributed by atoms with E-state index < -0.39 is 0 Å². The standard InChI is InChI=1S/C16H11Cl3N2/c1-8-3-4-10(13(18)7-8)16-20-14-9(2)12(17)6-5-11(14)15(19)21-16/h3-7H,1-2H3. The minimum absolute atomic E-state index is 0.395. The van der Waals surface area contributed by atoms with Crippen LogP contribution in [0.3, 0.4) is 0 Å². The first kappa shape index (κ1) is 14.6. The van der Waals surface area contributed by atoms with E-state index in [0.717, 1.165) is 27.6 Å². The lowest BCUT2D eigenvalue weighted by Crippen LogP contribution is -1.95. The fourth-order valence-corrected chi connectivity index (χ4v) is 2.90. The number of fused-ring (bicyclic) bond motifs is 1. The Kier molecular flexibility index (Phi) is 3.78. The predicted molar refractivity (Wildman–Crippen MR) is 89.5 cm³/mol. The first-order valence-corrected chi connectivity index (χ1v) is 7.49. The fourth-order valence-electron chi connectivity index (χ4n) is 2.19. The Hall–Kier alpha value is -1.35. The van der Waals surface area contributed by atoms with Gasteiger partial charge in [-0.2, -0.15) is 0 Å². The van der Waals surface area contributed by atoms with Gasteiger partial charge in [0.25, 0.3) is 0 Å². The number of hydrogen-bond acceptors (Lipinski definition) is 2. The van der Waals surface area contributed by atoms with Crippen LogP contribution in [0.4, 0.5) is 0 Å². The van der Waals surface area contributed by atoms with Crippen LogP contribution in [0.15, 0.2) is 30.3 Å². The van der Waals surface area contributed by atoms with Crippen molar-refractivity contribution in [2.45, 2.75) is 13.8 Å². The average molecular weight is 338 g/mol. The molecule has 0 fully saturated rings. The van der Waals surface area contributed by atoms with Gasteiger partial charge in [-0.05, 0) is 49.2 Å². The Morgan fingerprint density at radius 3 is 2.33 bits per heavy atom. The smallest absolute Gasteiger partial charge is 0.163 e. The number of halogens is 3. The lowest BCUT2D eigenvalue weighted by atomic mass is 10.1. The van der Waals surface area contributed by atoms with Gasteiger partial charge in [0, 0.05) is 16.0 Å². The fraction of sp³-hybridized carbons (Fsp3) is 0.125. The maximum atomic E-state index is 6.29. The maximum Gasteiger partial charge on any atom is 0.163 e. The quantitative estimate of drug-likeness (QED) is 0.519. The minimum Gasteiger partial charge on any atom is -0.228 e. The number of benzene rings is 2. The third-order valence-corrected chi connectivity index (χ3v) is 4.38. The Labute approximate surface area is 137 Å². The van der Waals surface area contributed by atoms with E-state index in [2.05, 4.69) is 9.97 Å². The summed E-state index contributed by atoms with van der Waals surface area (Å²) in [7, 11) is 0. The van der Waals surface area contributed by atoms with Gasteiger partial charge in [0.1, 0.15) is 5.15 Å². The molecule has 0 bridgehead atoms. The second-order valence-electron chi connectivity index (χ2n) is 4.89. The van der Waals surface area contributed by atoms with Crippen LogP contribution < -0.4 is 0 Å². The lowest BCUT2D eigenvalue weighted by molar-refractivity contribution is 1.21. The van der Waals surface area contributed by atoms with Gasteiger partial charge in [-0.1, -0.05) is 40.9 Å². The number of rotatable bonds is 1. The van der Waals surface area contributed by atoms with Crippen molar-refractivity contribution in [2.24, 2.45) is 0 Å². The van der Waals surface area contributed by atoms with Gasteiger partial charge in [0.2, 0.25) is 0 Å². The van der Waals surface area contributed by atoms with Crippen LogP contribution >= 0.6 is 34.8 Å². The normalized spacial score (nSPS) is 11.1. The molecule has 2 nitrogen and oxygen atoms in total. The second kappa shape index (κ2) is 5.45. The van der Waals surface area contributed by atoms with Gasteiger partial charge >= 0.3 is 0 Å². The van der Waals surface area contributed by atoms with Gasteiger partial charge in [0.15, 0.2) is 5.82 Å². The summed E-state index contributed by atoms with van der Waals surface area (Å²) in [6.07, 6.45) is 0. The largest absolute Gasteiger partial charge is 0.228 e. The Morgan fingerprint density at radius 2 is 1.62 bits per heavy atom. The molecule has 0 N–H and O–H groups in total. The molecular weight excluding hydrogens is 327 g/mol. The molecule has 0 saturated heterocycles. The molecule has 0 amide bonds. The first-order valence-electron chi connectivity index (χ1n) is 6.36. The number of aromatic nitrogens is 2. The van der Waals surface area contributed by atoms with E-state index in [9.17, 15) is 0 Å². The Morgan fingerprint density at radius 1 is 0.857 bits per heavy atom. The van der Waals surface area contributed by atoms with Gasteiger partial charge in [-0.25, -0.2) is 9.97 Å². The second-order valence-corrected chi connectivity index (χ2v) is 6.06. The first-order chi connectivity index (χ1) is 9.97. The molecule has 1 aromatic heterocycles. The Balaban J connectivity index is 2.31. The summed E-state index contributed by atoms with van der Waals surface area (Å²) >= 11 is 18.7. The van der Waals surface area contributed by atoms with E-state index in [1.807, 2.05) is 38.1 Å². The van der Waals surface area contributed by atoms with Crippen molar-refractivity contribution in [3.63, 3.8) is 0 Å². The lowest BCUT2D eigenvalue weighted by Gasteiger charge is -2.09. The minimum atomic E-state index is 0.395. The summed E-state index contributed by atoms with van der Waals surface area (Å²) in [6, 6.07) is 9.37. The van der Waals surface area contributed by atoms with Crippen LogP contribution in [0.1, 0.15) is 11.1 Å². The van der Waals surface area contributed by atoms with E-state index in [1.165, 1.54) is 0 Å². The van der Waals surface area contributed by atoms with Crippen molar-refractivity contribution in [1.82, 2.24) is 9.97 Å². The summed E-state index contributed by atoms with van der Waals surface area (Å²) in [6.45, 7) is 3.89. The zero-order valence-electron chi connectivity index (χ0n) is 11.4. The van der Waals surface area contributed by atoms with E-state index in [4.69, 9.17) is 34.8 Å². The molecule has 0 spiro atoms. The highest BCUT2D eigenvalue weighted by Crippen LogP contribution is 2.32. The van der Waals surface area contributed by atoms with E-state index >= 15 is 0 Å². The third-order valence-electron chi connectivity index (χ3n) is 3.37. The van der Waals surface area contributed by atoms with Crippen molar-refractivity contribution in [1.29, 1.82) is 0 Å². The summed E-state index contributed by atoms with van der Waals surface area (Å²) < 4.78 is 0. The van der Waals surface area contributed by atoms with Crippen molar-refractivity contribution in [2.75, 3.05) is 0 Å². The molecule has 3 rings (SSSR count). The molecule has 0 unspecified atom stereocenters. The highest BCUT2D eigenvalue weighted by atomic mass is 35.5. The van der Waals surface area contributed by atoms with E-state index in [1.54, 1.807) is 6.07 Å². The molecule has 21 heavy (non-hydrogen) atoms. The molecule has 0 aliphatic heterocycles. The molecule has 0 aliphatic rings. The summed E-state index contributed by atoms with van der Waals surface area (Å²) in [5.74, 6) is 0.503. The summed E-state index contributed by atoms with van der Waals surface area (Å²) in [4.78, 5) is 8.95. The average Bonchev–Trinajstić information content (AvgIpc) is 2.43. The van der Waals surface area contributed by atoms with Gasteiger partial charge < -0.3 is 0 Å². The van der Waals surface area contributed by atoms with Crippen molar-refractivity contribution >= 4 is 45.7 Å². The Bertz CT molecular complexity index is 860. The number of aryl methyl sites for hydroxylation is 2. The van der Waals surface area contributed by atoms with Crippen LogP contribution in [0, 0.1) is 13.8 Å². The molecule has 0 atom stereocenters. The maximum absolute atomic E-state index is 6.29. The topological polar surface area (TPSA) is 25.8 Å². The molecule has 2 aromatic carbocycles. The number of nitrogens with zero attached hydrogens (tertiary/aromatic N) is 2. The number of hydrogen-bond donors (Lipinski definition) is 0. The van der Waals surface area contributed by atoms with Crippen LogP contribution in [-0.4, -0.2) is 9.97 Å². The molecule has 3 aromatic rings. The van der Waals surface area contributed by atoms with Crippen molar-refractivity contribution < 1.29 is 0 Å². The van der Waals surface area contributed by atoms with Crippen molar-refractivity contribution in [3.8, 4) is 11.4 Å². The molecule has 0 saturated carbocycles. The SMILES string of the molecule is Cc1ccc(-c2nc(Cl)c3ccc(Cl)c(C)c3n2)c(Cl)c1. The highest BCUT2D eigenvalue weighted by molar-refractivity contribution is 6.36. The van der Waals surface area contributed by atoms with Crippen LogP contribution in [0.25, 0.3) is 22.3 Å². The zero-order chi connectivity index (χ0) is 15.1. The summed E-state index contributed by atoms with van der Waals surface area (Å²) in [5.41, 5.74) is 3.46. The predicted octanol–water partition coefficient (Wildman–Crippen LogP) is 5.87. The highest BCUT2D eigenvalue weighted by Gasteiger charge is 2.13. The third kappa shape index (κ3) is 2.59. The molecule has 106 valence electrons. The van der Waals surface area contributed by atoms with Gasteiger partial charge in [-0.15, -0.1) is 0 Å². The molecular formula is C16H11Cl3N2. The molecule has 1 heterocycles. The zero-order valence-corrected chi connectivity index (χ0v) is 13.7. The van der Waals surface area contributed by atoms with Crippen LogP contribution in [0.2, 0.25) is 15.2 Å². The van der Waals surface area contributed by atoms with E-state index in [-0.39, 0.29) is 0 Å². The van der Waals surface area contributed by atoms with Gasteiger partial charge in [-0.3, -0.25) is 0 Å². The van der Waals surface area contributed by atoms with Crippen LogP contribution in [0.5, 0.6) is 0 Å². The molecule has 5 heteroatoms. The van der Waals surface area contributed by atoms with E-state index in [0.29, 0.717) is 21.0 Å². The van der Waals surface area contributed by atoms with Crippen LogP contribution in [-0.2, 0) is 0 Å². The van der Waals surface area contributed by atoms with Crippen molar-refractivity contribution in [3.05, 3.63) is 56.7 Å². The molecule has 0 radical (unpaired) electrons. The van der Waals surface area contributed by atoms with Gasteiger partial charge in [0.05, 0.1) is 10.5 Å². The molecule has 0 aliphatic carbocycles. The summed E-state index contributed by atoms with van der Waals surface area (Å²) in [5, 5.41) is 2.43. The monoisotopic (exact) mass is 336 g/mol.